The molecule has 0 fully saturated rings. The van der Waals surface area contributed by atoms with Crippen LogP contribution in [-0.2, 0) is 4.79 Å². The van der Waals surface area contributed by atoms with E-state index in [2.05, 4.69) is 15.9 Å². The van der Waals surface area contributed by atoms with Crippen LogP contribution in [-0.4, -0.2) is 20.1 Å². The van der Waals surface area contributed by atoms with Gasteiger partial charge in [0.25, 0.3) is 0 Å². The molecule has 0 radical (unpaired) electrons. The average Bonchev–Trinajstić information content (AvgIpc) is 2.28. The summed E-state index contributed by atoms with van der Waals surface area (Å²) in [5.74, 6) is 0.330. The standard InChI is InChI=1S/C11H11BrN2O2/c1-14(11(15)5-6-13)9-7-8(12)3-4-10(9)16-2/h3-4,7H,5H2,1-2H3. The number of nitrogens with zero attached hydrogens (tertiary/aromatic N) is 2. The van der Waals surface area contributed by atoms with Crippen molar-refractivity contribution in [2.75, 3.05) is 19.1 Å². The zero-order valence-electron chi connectivity index (χ0n) is 9.03. The van der Waals surface area contributed by atoms with Gasteiger partial charge in [-0.1, -0.05) is 15.9 Å². The van der Waals surface area contributed by atoms with Crippen LogP contribution in [0.3, 0.4) is 0 Å². The molecule has 0 bridgehead atoms. The highest BCUT2D eigenvalue weighted by molar-refractivity contribution is 9.10. The van der Waals surface area contributed by atoms with Crippen LogP contribution < -0.4 is 9.64 Å². The maximum absolute atomic E-state index is 11.6. The lowest BCUT2D eigenvalue weighted by Crippen LogP contribution is -2.25. The summed E-state index contributed by atoms with van der Waals surface area (Å²) in [6.45, 7) is 0. The first kappa shape index (κ1) is 12.5. The topological polar surface area (TPSA) is 53.3 Å². The Labute approximate surface area is 103 Å². The number of rotatable bonds is 3. The summed E-state index contributed by atoms with van der Waals surface area (Å²) in [4.78, 5) is 13.0. The molecule has 0 heterocycles. The van der Waals surface area contributed by atoms with Gasteiger partial charge in [-0.15, -0.1) is 0 Å². The lowest BCUT2D eigenvalue weighted by molar-refractivity contribution is -0.117. The van der Waals surface area contributed by atoms with Gasteiger partial charge in [-0.25, -0.2) is 0 Å². The van der Waals surface area contributed by atoms with E-state index in [1.807, 2.05) is 12.1 Å². The number of halogens is 1. The predicted octanol–water partition coefficient (Wildman–Crippen LogP) is 2.33. The maximum Gasteiger partial charge on any atom is 0.241 e. The van der Waals surface area contributed by atoms with Crippen molar-refractivity contribution in [2.24, 2.45) is 0 Å². The van der Waals surface area contributed by atoms with E-state index in [4.69, 9.17) is 10.00 Å². The zero-order valence-corrected chi connectivity index (χ0v) is 10.6. The number of amides is 1. The molecule has 1 rings (SSSR count). The van der Waals surface area contributed by atoms with Crippen molar-refractivity contribution < 1.29 is 9.53 Å². The Bertz CT molecular complexity index is 440. The fraction of sp³-hybridized carbons (Fsp3) is 0.273. The quantitative estimate of drug-likeness (QED) is 0.855. The third-order valence-electron chi connectivity index (χ3n) is 2.11. The number of hydrogen-bond acceptors (Lipinski definition) is 3. The highest BCUT2D eigenvalue weighted by atomic mass is 79.9. The molecule has 1 aromatic carbocycles. The Hall–Kier alpha value is -1.54. The van der Waals surface area contributed by atoms with E-state index < -0.39 is 0 Å². The third-order valence-corrected chi connectivity index (χ3v) is 2.60. The van der Waals surface area contributed by atoms with Crippen LogP contribution in [0.15, 0.2) is 22.7 Å². The van der Waals surface area contributed by atoms with Crippen molar-refractivity contribution in [1.29, 1.82) is 5.26 Å². The van der Waals surface area contributed by atoms with Gasteiger partial charge in [0.15, 0.2) is 0 Å². The van der Waals surface area contributed by atoms with Gasteiger partial charge in [0.1, 0.15) is 12.2 Å². The van der Waals surface area contributed by atoms with Gasteiger partial charge < -0.3 is 9.64 Å². The lowest BCUT2D eigenvalue weighted by Gasteiger charge is -2.19. The van der Waals surface area contributed by atoms with E-state index in [-0.39, 0.29) is 12.3 Å². The smallest absolute Gasteiger partial charge is 0.241 e. The molecule has 0 atom stereocenters. The molecule has 16 heavy (non-hydrogen) atoms. The lowest BCUT2D eigenvalue weighted by atomic mass is 10.2. The fourth-order valence-electron chi connectivity index (χ4n) is 1.25. The van der Waals surface area contributed by atoms with Crippen LogP contribution >= 0.6 is 15.9 Å². The van der Waals surface area contributed by atoms with Crippen molar-refractivity contribution in [3.63, 3.8) is 0 Å². The van der Waals surface area contributed by atoms with Crippen molar-refractivity contribution >= 4 is 27.5 Å². The van der Waals surface area contributed by atoms with Gasteiger partial charge in [0, 0.05) is 11.5 Å². The molecule has 0 aromatic heterocycles. The molecule has 5 heteroatoms. The molecule has 4 nitrogen and oxygen atoms in total. The number of carbonyl (C=O) groups is 1. The average molecular weight is 283 g/mol. The third kappa shape index (κ3) is 2.74. The molecule has 0 saturated carbocycles. The Morgan fingerprint density at radius 2 is 2.31 bits per heavy atom. The van der Waals surface area contributed by atoms with Gasteiger partial charge in [-0.3, -0.25) is 4.79 Å². The second-order valence-corrected chi connectivity index (χ2v) is 4.02. The SMILES string of the molecule is COc1ccc(Br)cc1N(C)C(=O)CC#N. The molecule has 84 valence electrons. The highest BCUT2D eigenvalue weighted by Crippen LogP contribution is 2.30. The molecule has 0 saturated heterocycles. The minimum atomic E-state index is -0.265. The van der Waals surface area contributed by atoms with Gasteiger partial charge in [0.05, 0.1) is 18.9 Å². The van der Waals surface area contributed by atoms with E-state index in [0.29, 0.717) is 11.4 Å². The van der Waals surface area contributed by atoms with E-state index in [9.17, 15) is 4.79 Å². The van der Waals surface area contributed by atoms with Crippen molar-refractivity contribution in [3.05, 3.63) is 22.7 Å². The van der Waals surface area contributed by atoms with Crippen LogP contribution in [0.1, 0.15) is 6.42 Å². The Morgan fingerprint density at radius 1 is 1.62 bits per heavy atom. The summed E-state index contributed by atoms with van der Waals surface area (Å²) in [6.07, 6.45) is -0.147. The fourth-order valence-corrected chi connectivity index (χ4v) is 1.59. The Morgan fingerprint density at radius 3 is 2.88 bits per heavy atom. The van der Waals surface area contributed by atoms with Gasteiger partial charge >= 0.3 is 0 Å². The number of anilines is 1. The first-order valence-electron chi connectivity index (χ1n) is 4.57. The second-order valence-electron chi connectivity index (χ2n) is 3.10. The number of benzene rings is 1. The predicted molar refractivity (Wildman–Crippen MR) is 64.3 cm³/mol. The van der Waals surface area contributed by atoms with Crippen LogP contribution in [0.25, 0.3) is 0 Å². The summed E-state index contributed by atoms with van der Waals surface area (Å²) in [7, 11) is 3.15. The van der Waals surface area contributed by atoms with Crippen molar-refractivity contribution in [3.8, 4) is 11.8 Å². The molecule has 0 N–H and O–H groups in total. The van der Waals surface area contributed by atoms with Gasteiger partial charge in [-0.05, 0) is 18.2 Å². The molecule has 1 aromatic rings. The number of nitriles is 1. The summed E-state index contributed by atoms with van der Waals surface area (Å²) >= 11 is 3.32. The molecule has 0 aliphatic heterocycles. The number of methoxy groups -OCH3 is 1. The normalized spacial score (nSPS) is 9.38. The Balaban J connectivity index is 3.06. The van der Waals surface area contributed by atoms with Gasteiger partial charge in [0.2, 0.25) is 5.91 Å². The summed E-state index contributed by atoms with van der Waals surface area (Å²) in [5, 5.41) is 8.48. The van der Waals surface area contributed by atoms with Crippen LogP contribution in [0.4, 0.5) is 5.69 Å². The van der Waals surface area contributed by atoms with E-state index in [1.165, 1.54) is 12.0 Å². The molecular weight excluding hydrogens is 272 g/mol. The summed E-state index contributed by atoms with van der Waals surface area (Å²) in [5.41, 5.74) is 0.636. The largest absolute Gasteiger partial charge is 0.495 e. The zero-order chi connectivity index (χ0) is 12.1. The molecule has 1 amide bonds. The van der Waals surface area contributed by atoms with Crippen LogP contribution in [0.5, 0.6) is 5.75 Å². The van der Waals surface area contributed by atoms with E-state index >= 15 is 0 Å². The molecule has 0 unspecified atom stereocenters. The molecule has 0 aliphatic carbocycles. The summed E-state index contributed by atoms with van der Waals surface area (Å²) in [6, 6.07) is 7.18. The van der Waals surface area contributed by atoms with Crippen molar-refractivity contribution in [1.82, 2.24) is 0 Å². The first-order valence-corrected chi connectivity index (χ1v) is 5.36. The first-order chi connectivity index (χ1) is 7.60. The van der Waals surface area contributed by atoms with E-state index in [0.717, 1.165) is 4.47 Å². The second kappa shape index (κ2) is 5.52. The van der Waals surface area contributed by atoms with Crippen molar-refractivity contribution in [2.45, 2.75) is 6.42 Å². The van der Waals surface area contributed by atoms with Crippen LogP contribution in [0.2, 0.25) is 0 Å². The summed E-state index contributed by atoms with van der Waals surface area (Å²) < 4.78 is 6.00. The highest BCUT2D eigenvalue weighted by Gasteiger charge is 2.14. The molecule has 0 spiro atoms. The minimum Gasteiger partial charge on any atom is -0.495 e. The maximum atomic E-state index is 11.6. The van der Waals surface area contributed by atoms with Crippen LogP contribution in [0, 0.1) is 11.3 Å². The van der Waals surface area contributed by atoms with Gasteiger partial charge in [-0.2, -0.15) is 5.26 Å². The monoisotopic (exact) mass is 282 g/mol. The van der Waals surface area contributed by atoms with E-state index in [1.54, 1.807) is 19.2 Å². The number of ether oxygens (including phenoxy) is 1. The minimum absolute atomic E-state index is 0.147. The number of hydrogen-bond donors (Lipinski definition) is 0. The molecule has 0 aliphatic rings. The molecular formula is C11H11BrN2O2. The Kier molecular flexibility index (Phi) is 4.32. The number of carbonyl (C=O) groups excluding carboxylic acids is 1.